The molecule has 2 nitrogen and oxygen atoms in total. The molecule has 3 heteroatoms. The maximum Gasteiger partial charge on any atom is 0.0192 e. The van der Waals surface area contributed by atoms with Crippen molar-refractivity contribution in [2.24, 2.45) is 0 Å². The maximum absolute atomic E-state index is 3.68. The van der Waals surface area contributed by atoms with Gasteiger partial charge >= 0.3 is 0 Å². The lowest BCUT2D eigenvalue weighted by Crippen LogP contribution is -2.39. The van der Waals surface area contributed by atoms with E-state index in [2.05, 4.69) is 35.9 Å². The van der Waals surface area contributed by atoms with Crippen LogP contribution in [0.15, 0.2) is 0 Å². The summed E-state index contributed by atoms with van der Waals surface area (Å²) in [5.41, 5.74) is 0. The summed E-state index contributed by atoms with van der Waals surface area (Å²) in [6.07, 6.45) is 4.21. The second kappa shape index (κ2) is 4.86. The molecule has 2 rings (SSSR count). The third-order valence-corrected chi connectivity index (χ3v) is 4.74. The van der Waals surface area contributed by atoms with Crippen LogP contribution in [0, 0.1) is 0 Å². The first-order valence-electron chi connectivity index (χ1n) is 5.82. The van der Waals surface area contributed by atoms with Gasteiger partial charge in [0.25, 0.3) is 0 Å². The van der Waals surface area contributed by atoms with E-state index in [1.165, 1.54) is 38.1 Å². The van der Waals surface area contributed by atoms with E-state index >= 15 is 0 Å². The van der Waals surface area contributed by atoms with Gasteiger partial charge in [0, 0.05) is 30.4 Å². The van der Waals surface area contributed by atoms with Crippen LogP contribution in [0.25, 0.3) is 0 Å². The summed E-state index contributed by atoms with van der Waals surface area (Å²) in [6, 6.07) is 1.68. The third kappa shape index (κ3) is 2.88. The zero-order valence-corrected chi connectivity index (χ0v) is 10.1. The molecule has 2 atom stereocenters. The van der Waals surface area contributed by atoms with E-state index in [4.69, 9.17) is 0 Å². The highest BCUT2D eigenvalue weighted by molar-refractivity contribution is 8.00. The van der Waals surface area contributed by atoms with Gasteiger partial charge in [0.2, 0.25) is 0 Å². The van der Waals surface area contributed by atoms with E-state index < -0.39 is 0 Å². The van der Waals surface area contributed by atoms with Gasteiger partial charge in [-0.3, -0.25) is 0 Å². The van der Waals surface area contributed by atoms with Crippen molar-refractivity contribution in [2.45, 2.75) is 43.5 Å². The van der Waals surface area contributed by atoms with Crippen molar-refractivity contribution < 1.29 is 0 Å². The van der Waals surface area contributed by atoms with Gasteiger partial charge in [-0.25, -0.2) is 0 Å². The lowest BCUT2D eigenvalue weighted by Gasteiger charge is -2.20. The number of hydrogen-bond acceptors (Lipinski definition) is 3. The Morgan fingerprint density at radius 1 is 1.36 bits per heavy atom. The Morgan fingerprint density at radius 2 is 2.14 bits per heavy atom. The molecule has 0 aromatic heterocycles. The van der Waals surface area contributed by atoms with Crippen LogP contribution in [0.2, 0.25) is 0 Å². The molecular formula is C11H22N2S. The first kappa shape index (κ1) is 10.8. The van der Waals surface area contributed by atoms with E-state index in [1.807, 2.05) is 0 Å². The van der Waals surface area contributed by atoms with E-state index in [9.17, 15) is 0 Å². The summed E-state index contributed by atoms with van der Waals surface area (Å²) in [6.45, 7) is 4.74. The van der Waals surface area contributed by atoms with Crippen molar-refractivity contribution >= 4 is 11.8 Å². The average molecular weight is 214 g/mol. The molecule has 1 aliphatic carbocycles. The highest BCUT2D eigenvalue weighted by Gasteiger charge is 2.26. The van der Waals surface area contributed by atoms with Crippen LogP contribution in [0.4, 0.5) is 0 Å². The average Bonchev–Trinajstić information content (AvgIpc) is 2.93. The van der Waals surface area contributed by atoms with Gasteiger partial charge in [-0.15, -0.1) is 0 Å². The lowest BCUT2D eigenvalue weighted by molar-refractivity contribution is 0.314. The Labute approximate surface area is 91.8 Å². The minimum atomic E-state index is 0.771. The van der Waals surface area contributed by atoms with Crippen LogP contribution >= 0.6 is 11.8 Å². The van der Waals surface area contributed by atoms with Crippen molar-refractivity contribution in [3.63, 3.8) is 0 Å². The number of thioether (sulfide) groups is 1. The van der Waals surface area contributed by atoms with Crippen molar-refractivity contribution in [1.29, 1.82) is 0 Å². The van der Waals surface area contributed by atoms with Crippen LogP contribution in [-0.4, -0.2) is 48.1 Å². The zero-order chi connectivity index (χ0) is 9.97. The van der Waals surface area contributed by atoms with Gasteiger partial charge in [-0.1, -0.05) is 6.92 Å². The molecule has 0 radical (unpaired) electrons. The molecule has 1 aliphatic heterocycles. The summed E-state index contributed by atoms with van der Waals surface area (Å²) < 4.78 is 0. The zero-order valence-electron chi connectivity index (χ0n) is 9.33. The monoisotopic (exact) mass is 214 g/mol. The third-order valence-electron chi connectivity index (χ3n) is 3.42. The van der Waals surface area contributed by atoms with Crippen LogP contribution in [0.3, 0.4) is 0 Å². The molecule has 2 aliphatic rings. The minimum absolute atomic E-state index is 0.771. The topological polar surface area (TPSA) is 15.3 Å². The smallest absolute Gasteiger partial charge is 0.0192 e. The SMILES string of the molecule is CC1SCCC1NCCN(C)C1CC1. The molecule has 1 saturated heterocycles. The molecule has 0 amide bonds. The quantitative estimate of drug-likeness (QED) is 0.748. The molecule has 82 valence electrons. The van der Waals surface area contributed by atoms with Crippen molar-refractivity contribution in [3.8, 4) is 0 Å². The van der Waals surface area contributed by atoms with E-state index in [0.717, 1.165) is 17.3 Å². The van der Waals surface area contributed by atoms with Gasteiger partial charge < -0.3 is 10.2 Å². The Balaban J connectivity index is 1.57. The highest BCUT2D eigenvalue weighted by atomic mass is 32.2. The minimum Gasteiger partial charge on any atom is -0.312 e. The number of nitrogens with one attached hydrogen (secondary N) is 1. The largest absolute Gasteiger partial charge is 0.312 e. The molecule has 0 bridgehead atoms. The highest BCUT2D eigenvalue weighted by Crippen LogP contribution is 2.26. The number of rotatable bonds is 5. The van der Waals surface area contributed by atoms with E-state index in [-0.39, 0.29) is 0 Å². The summed E-state index contributed by atoms with van der Waals surface area (Å²) >= 11 is 2.11. The summed E-state index contributed by atoms with van der Waals surface area (Å²) in [7, 11) is 2.26. The van der Waals surface area contributed by atoms with Crippen molar-refractivity contribution in [3.05, 3.63) is 0 Å². The Hall–Kier alpha value is 0.270. The van der Waals surface area contributed by atoms with Crippen LogP contribution in [-0.2, 0) is 0 Å². The second-order valence-corrected chi connectivity index (χ2v) is 6.12. The predicted octanol–water partition coefficient (Wildman–Crippen LogP) is 1.56. The van der Waals surface area contributed by atoms with Crippen molar-refractivity contribution in [1.82, 2.24) is 10.2 Å². The first-order valence-corrected chi connectivity index (χ1v) is 6.87. The summed E-state index contributed by atoms with van der Waals surface area (Å²) in [4.78, 5) is 2.50. The predicted molar refractivity (Wildman–Crippen MR) is 64.0 cm³/mol. The molecule has 14 heavy (non-hydrogen) atoms. The van der Waals surface area contributed by atoms with Gasteiger partial charge in [0.05, 0.1) is 0 Å². The molecule has 2 unspecified atom stereocenters. The fourth-order valence-corrected chi connectivity index (χ4v) is 3.35. The number of nitrogens with zero attached hydrogens (tertiary/aromatic N) is 1. The first-order chi connectivity index (χ1) is 6.77. The molecular weight excluding hydrogens is 192 g/mol. The van der Waals surface area contributed by atoms with Crippen LogP contribution in [0.1, 0.15) is 26.2 Å². The number of likely N-dealkylation sites (N-methyl/N-ethyl adjacent to an activating group) is 1. The fraction of sp³-hybridized carbons (Fsp3) is 1.00. The van der Waals surface area contributed by atoms with Gasteiger partial charge in [-0.2, -0.15) is 11.8 Å². The summed E-state index contributed by atoms with van der Waals surface area (Å²) in [5, 5.41) is 4.50. The molecule has 1 heterocycles. The van der Waals surface area contributed by atoms with E-state index in [1.54, 1.807) is 0 Å². The second-order valence-electron chi connectivity index (χ2n) is 4.64. The molecule has 0 aromatic rings. The van der Waals surface area contributed by atoms with Crippen LogP contribution in [0.5, 0.6) is 0 Å². The van der Waals surface area contributed by atoms with Gasteiger partial charge in [-0.05, 0) is 32.1 Å². The standard InChI is InChI=1S/C11H22N2S/c1-9-11(5-8-14-9)12-6-7-13(2)10-3-4-10/h9-12H,3-8H2,1-2H3. The van der Waals surface area contributed by atoms with Gasteiger partial charge in [0.15, 0.2) is 0 Å². The molecule has 0 aromatic carbocycles. The Kier molecular flexibility index (Phi) is 3.74. The molecule has 1 N–H and O–H groups in total. The van der Waals surface area contributed by atoms with E-state index in [0.29, 0.717) is 0 Å². The normalized spacial score (nSPS) is 32.8. The molecule has 0 spiro atoms. The number of hydrogen-bond donors (Lipinski definition) is 1. The fourth-order valence-electron chi connectivity index (χ4n) is 2.12. The van der Waals surface area contributed by atoms with Crippen LogP contribution < -0.4 is 5.32 Å². The Bertz CT molecular complexity index is 182. The molecule has 2 fully saturated rings. The van der Waals surface area contributed by atoms with Gasteiger partial charge in [0.1, 0.15) is 0 Å². The summed E-state index contributed by atoms with van der Waals surface area (Å²) in [5.74, 6) is 1.34. The molecule has 1 saturated carbocycles. The lowest BCUT2D eigenvalue weighted by atomic mass is 10.2. The maximum atomic E-state index is 3.68. The Morgan fingerprint density at radius 3 is 2.71 bits per heavy atom. The van der Waals surface area contributed by atoms with Crippen molar-refractivity contribution in [2.75, 3.05) is 25.9 Å².